The Morgan fingerprint density at radius 3 is 2.82 bits per heavy atom. The Bertz CT molecular complexity index is 1020. The van der Waals surface area contributed by atoms with Gasteiger partial charge < -0.3 is 4.98 Å². The molecule has 4 aromatic rings. The van der Waals surface area contributed by atoms with E-state index < -0.39 is 0 Å². The molecule has 0 saturated heterocycles. The van der Waals surface area contributed by atoms with Crippen LogP contribution in [0, 0.1) is 0 Å². The first-order valence-electron chi connectivity index (χ1n) is 6.37. The van der Waals surface area contributed by atoms with Crippen LogP contribution in [0.3, 0.4) is 0 Å². The SMILES string of the molecule is O=c1[nH]c(-c2ncn[nH]2)nc2cc(-c3ccccc3Cl)sc12. The number of aromatic nitrogens is 5. The molecule has 22 heavy (non-hydrogen) atoms. The Hall–Kier alpha value is -2.51. The lowest BCUT2D eigenvalue weighted by Crippen LogP contribution is -2.08. The van der Waals surface area contributed by atoms with E-state index in [1.807, 2.05) is 30.3 Å². The van der Waals surface area contributed by atoms with Gasteiger partial charge in [0.25, 0.3) is 5.56 Å². The van der Waals surface area contributed by atoms with E-state index in [2.05, 4.69) is 25.1 Å². The summed E-state index contributed by atoms with van der Waals surface area (Å²) in [5.74, 6) is 0.781. The van der Waals surface area contributed by atoms with Gasteiger partial charge in [-0.25, -0.2) is 9.97 Å². The van der Waals surface area contributed by atoms with Crippen LogP contribution in [0.25, 0.3) is 32.3 Å². The lowest BCUT2D eigenvalue weighted by Gasteiger charge is -1.98. The summed E-state index contributed by atoms with van der Waals surface area (Å²) in [6.07, 6.45) is 1.36. The fourth-order valence-corrected chi connectivity index (χ4v) is 3.49. The molecule has 0 saturated carbocycles. The van der Waals surface area contributed by atoms with Crippen molar-refractivity contribution in [2.45, 2.75) is 0 Å². The van der Waals surface area contributed by atoms with Crippen LogP contribution in [0.1, 0.15) is 0 Å². The summed E-state index contributed by atoms with van der Waals surface area (Å²) in [7, 11) is 0. The largest absolute Gasteiger partial charge is 0.303 e. The molecule has 1 aromatic carbocycles. The van der Waals surface area contributed by atoms with Gasteiger partial charge >= 0.3 is 0 Å². The highest BCUT2D eigenvalue weighted by molar-refractivity contribution is 7.22. The molecule has 0 aliphatic carbocycles. The van der Waals surface area contributed by atoms with Crippen LogP contribution in [0.15, 0.2) is 41.5 Å². The molecule has 8 heteroatoms. The van der Waals surface area contributed by atoms with Gasteiger partial charge in [-0.15, -0.1) is 11.3 Å². The summed E-state index contributed by atoms with van der Waals surface area (Å²) in [5, 5.41) is 7.08. The van der Waals surface area contributed by atoms with Gasteiger partial charge in [-0.2, -0.15) is 5.10 Å². The summed E-state index contributed by atoms with van der Waals surface area (Å²) in [6.45, 7) is 0. The van der Waals surface area contributed by atoms with Crippen molar-refractivity contribution in [2.75, 3.05) is 0 Å². The normalized spacial score (nSPS) is 11.1. The number of fused-ring (bicyclic) bond motifs is 1. The van der Waals surface area contributed by atoms with Crippen molar-refractivity contribution in [1.82, 2.24) is 25.1 Å². The maximum Gasteiger partial charge on any atom is 0.269 e. The van der Waals surface area contributed by atoms with E-state index in [1.165, 1.54) is 17.7 Å². The van der Waals surface area contributed by atoms with Gasteiger partial charge in [0.15, 0.2) is 11.6 Å². The first kappa shape index (κ1) is 13.2. The molecule has 0 aliphatic heterocycles. The van der Waals surface area contributed by atoms with Gasteiger partial charge in [0.1, 0.15) is 11.0 Å². The molecule has 0 spiro atoms. The molecule has 0 atom stereocenters. The molecule has 108 valence electrons. The van der Waals surface area contributed by atoms with Crippen molar-refractivity contribution in [2.24, 2.45) is 0 Å². The third-order valence-corrected chi connectivity index (χ3v) is 4.65. The summed E-state index contributed by atoms with van der Waals surface area (Å²) in [5.41, 5.74) is 1.28. The first-order chi connectivity index (χ1) is 10.7. The van der Waals surface area contributed by atoms with Crippen LogP contribution in [-0.4, -0.2) is 25.1 Å². The molecule has 2 N–H and O–H groups in total. The van der Waals surface area contributed by atoms with Gasteiger partial charge in [0, 0.05) is 15.5 Å². The number of H-pyrrole nitrogens is 2. The molecule has 0 radical (unpaired) electrons. The Kier molecular flexibility index (Phi) is 3.02. The Morgan fingerprint density at radius 1 is 1.18 bits per heavy atom. The predicted octanol–water partition coefficient (Wildman–Crippen LogP) is 3.09. The van der Waals surface area contributed by atoms with E-state index in [9.17, 15) is 4.79 Å². The van der Waals surface area contributed by atoms with Crippen LogP contribution < -0.4 is 5.56 Å². The van der Waals surface area contributed by atoms with E-state index in [-0.39, 0.29) is 5.56 Å². The van der Waals surface area contributed by atoms with E-state index in [0.29, 0.717) is 26.9 Å². The molecular formula is C14H8ClN5OS. The van der Waals surface area contributed by atoms with Crippen LogP contribution in [0.2, 0.25) is 5.02 Å². The van der Waals surface area contributed by atoms with E-state index in [1.54, 1.807) is 0 Å². The predicted molar refractivity (Wildman–Crippen MR) is 86.1 cm³/mol. The minimum atomic E-state index is -0.209. The van der Waals surface area contributed by atoms with Crippen molar-refractivity contribution < 1.29 is 0 Å². The lowest BCUT2D eigenvalue weighted by molar-refractivity contribution is 1.06. The zero-order chi connectivity index (χ0) is 15.1. The first-order valence-corrected chi connectivity index (χ1v) is 7.56. The topological polar surface area (TPSA) is 87.3 Å². The second kappa shape index (κ2) is 5.04. The Labute approximate surface area is 132 Å². The second-order valence-corrected chi connectivity index (χ2v) is 6.01. The summed E-state index contributed by atoms with van der Waals surface area (Å²) < 4.78 is 0.554. The molecule has 4 rings (SSSR count). The summed E-state index contributed by atoms with van der Waals surface area (Å²) in [6, 6.07) is 9.36. The molecule has 0 bridgehead atoms. The molecule has 0 aliphatic rings. The minimum absolute atomic E-state index is 0.209. The van der Waals surface area contributed by atoms with Gasteiger partial charge in [-0.05, 0) is 12.1 Å². The van der Waals surface area contributed by atoms with Crippen LogP contribution in [0.5, 0.6) is 0 Å². The summed E-state index contributed by atoms with van der Waals surface area (Å²) >= 11 is 7.58. The maximum atomic E-state index is 12.2. The zero-order valence-electron chi connectivity index (χ0n) is 11.0. The number of halogens is 1. The van der Waals surface area contributed by atoms with Gasteiger partial charge in [0.05, 0.1) is 5.52 Å². The Balaban J connectivity index is 1.93. The molecule has 0 unspecified atom stereocenters. The van der Waals surface area contributed by atoms with Gasteiger partial charge in [-0.1, -0.05) is 29.8 Å². The number of thiophene rings is 1. The lowest BCUT2D eigenvalue weighted by atomic mass is 10.2. The van der Waals surface area contributed by atoms with Gasteiger partial charge in [0.2, 0.25) is 0 Å². The van der Waals surface area contributed by atoms with Gasteiger partial charge in [-0.3, -0.25) is 9.89 Å². The highest BCUT2D eigenvalue weighted by Gasteiger charge is 2.13. The quantitative estimate of drug-likeness (QED) is 0.591. The fraction of sp³-hybridized carbons (Fsp3) is 0. The van der Waals surface area contributed by atoms with E-state index in [0.717, 1.165) is 10.4 Å². The van der Waals surface area contributed by atoms with Crippen molar-refractivity contribution in [1.29, 1.82) is 0 Å². The third kappa shape index (κ3) is 2.11. The summed E-state index contributed by atoms with van der Waals surface area (Å²) in [4.78, 5) is 24.3. The highest BCUT2D eigenvalue weighted by Crippen LogP contribution is 2.35. The number of hydrogen-bond acceptors (Lipinski definition) is 5. The maximum absolute atomic E-state index is 12.2. The molecule has 0 amide bonds. The van der Waals surface area contributed by atoms with Crippen LogP contribution in [0.4, 0.5) is 0 Å². The third-order valence-electron chi connectivity index (χ3n) is 3.16. The van der Waals surface area contributed by atoms with Crippen molar-refractivity contribution in [3.05, 3.63) is 52.0 Å². The van der Waals surface area contributed by atoms with E-state index in [4.69, 9.17) is 11.6 Å². The number of nitrogens with one attached hydrogen (secondary N) is 2. The molecule has 3 aromatic heterocycles. The zero-order valence-corrected chi connectivity index (χ0v) is 12.6. The number of aromatic amines is 2. The number of nitrogens with zero attached hydrogens (tertiary/aromatic N) is 3. The molecule has 0 fully saturated rings. The van der Waals surface area contributed by atoms with Crippen molar-refractivity contribution >= 4 is 33.2 Å². The average molecular weight is 330 g/mol. The van der Waals surface area contributed by atoms with Crippen molar-refractivity contribution in [3.63, 3.8) is 0 Å². The minimum Gasteiger partial charge on any atom is -0.303 e. The average Bonchev–Trinajstić information content (AvgIpc) is 3.17. The van der Waals surface area contributed by atoms with Crippen LogP contribution in [-0.2, 0) is 0 Å². The monoisotopic (exact) mass is 329 g/mol. The Morgan fingerprint density at radius 2 is 2.05 bits per heavy atom. The fourth-order valence-electron chi connectivity index (χ4n) is 2.17. The number of benzene rings is 1. The van der Waals surface area contributed by atoms with E-state index >= 15 is 0 Å². The molecule has 6 nitrogen and oxygen atoms in total. The second-order valence-electron chi connectivity index (χ2n) is 4.55. The number of rotatable bonds is 2. The number of hydrogen-bond donors (Lipinski definition) is 2. The molecular weight excluding hydrogens is 322 g/mol. The molecule has 3 heterocycles. The van der Waals surface area contributed by atoms with Crippen LogP contribution >= 0.6 is 22.9 Å². The standard InChI is InChI=1S/C14H8ClN5OS/c15-8-4-2-1-3-7(8)10-5-9-11(22-10)14(21)19-13(18-9)12-16-6-17-20-12/h1-6H,(H,16,17,20)(H,18,19,21). The van der Waals surface area contributed by atoms with Crippen molar-refractivity contribution in [3.8, 4) is 22.1 Å². The highest BCUT2D eigenvalue weighted by atomic mass is 35.5. The smallest absolute Gasteiger partial charge is 0.269 e.